The Balaban J connectivity index is 1.91. The summed E-state index contributed by atoms with van der Waals surface area (Å²) in [4.78, 5) is 4.46. The lowest BCUT2D eigenvalue weighted by molar-refractivity contribution is 0.408. The topological polar surface area (TPSA) is 59.7 Å². The van der Waals surface area contributed by atoms with Gasteiger partial charge in [0.05, 0.1) is 19.0 Å². The monoisotopic (exact) mass is 317 g/mol. The minimum absolute atomic E-state index is 0.138. The van der Waals surface area contributed by atoms with Gasteiger partial charge in [0.15, 0.2) is 5.65 Å². The number of rotatable bonds is 3. The van der Waals surface area contributed by atoms with Crippen LogP contribution in [0.1, 0.15) is 0 Å². The molecule has 5 nitrogen and oxygen atoms in total. The van der Waals surface area contributed by atoms with E-state index in [2.05, 4.69) is 10.1 Å². The number of ether oxygens (including phenoxy) is 1. The lowest BCUT2D eigenvalue weighted by atomic mass is 10.1. The zero-order valence-electron chi connectivity index (χ0n) is 13.0. The number of benzene rings is 2. The predicted octanol–water partition coefficient (Wildman–Crippen LogP) is 3.78. The van der Waals surface area contributed by atoms with E-state index >= 15 is 0 Å². The first-order chi connectivity index (χ1) is 11.8. The van der Waals surface area contributed by atoms with Gasteiger partial charge >= 0.3 is 0 Å². The number of phenols is 1. The van der Waals surface area contributed by atoms with Gasteiger partial charge in [0.1, 0.15) is 11.5 Å². The number of aromatic nitrogens is 3. The van der Waals surface area contributed by atoms with Gasteiger partial charge in [0.25, 0.3) is 0 Å². The highest BCUT2D eigenvalue weighted by Gasteiger charge is 2.14. The molecule has 0 saturated heterocycles. The molecule has 0 aliphatic carbocycles. The Morgan fingerprint density at radius 3 is 2.58 bits per heavy atom. The number of hydrogen-bond donors (Lipinski definition) is 1. The summed E-state index contributed by atoms with van der Waals surface area (Å²) in [6.07, 6.45) is 3.52. The van der Waals surface area contributed by atoms with Crippen molar-refractivity contribution in [2.45, 2.75) is 0 Å². The number of phenolic OH excluding ortho intramolecular Hbond substituents is 1. The number of fused-ring (bicyclic) bond motifs is 1. The summed E-state index contributed by atoms with van der Waals surface area (Å²) >= 11 is 0. The van der Waals surface area contributed by atoms with Crippen LogP contribution in [0.2, 0.25) is 0 Å². The van der Waals surface area contributed by atoms with E-state index < -0.39 is 0 Å². The Labute approximate surface area is 138 Å². The number of methoxy groups -OCH3 is 1. The van der Waals surface area contributed by atoms with E-state index in [9.17, 15) is 5.11 Å². The zero-order valence-corrected chi connectivity index (χ0v) is 13.0. The fraction of sp³-hybridized carbons (Fsp3) is 0.0526. The van der Waals surface area contributed by atoms with Crippen molar-refractivity contribution >= 4 is 5.65 Å². The van der Waals surface area contributed by atoms with Crippen LogP contribution in [0.4, 0.5) is 0 Å². The summed E-state index contributed by atoms with van der Waals surface area (Å²) in [7, 11) is 1.57. The lowest BCUT2D eigenvalue weighted by Crippen LogP contribution is -1.96. The Bertz CT molecular complexity index is 1010. The van der Waals surface area contributed by atoms with Crippen molar-refractivity contribution in [1.29, 1.82) is 0 Å². The van der Waals surface area contributed by atoms with Gasteiger partial charge in [-0.05, 0) is 23.8 Å². The van der Waals surface area contributed by atoms with Gasteiger partial charge in [-0.1, -0.05) is 30.3 Å². The second kappa shape index (κ2) is 5.70. The van der Waals surface area contributed by atoms with Crippen LogP contribution in [0.3, 0.4) is 0 Å². The Kier molecular flexibility index (Phi) is 3.39. The molecule has 0 radical (unpaired) electrons. The average Bonchev–Trinajstić information content (AvgIpc) is 3.06. The van der Waals surface area contributed by atoms with Gasteiger partial charge in [0.2, 0.25) is 0 Å². The predicted molar refractivity (Wildman–Crippen MR) is 92.1 cm³/mol. The Morgan fingerprint density at radius 2 is 1.83 bits per heavy atom. The minimum atomic E-state index is 0.138. The van der Waals surface area contributed by atoms with Crippen LogP contribution in [0.25, 0.3) is 28.0 Å². The van der Waals surface area contributed by atoms with Crippen LogP contribution >= 0.6 is 0 Å². The molecule has 0 saturated carbocycles. The van der Waals surface area contributed by atoms with E-state index in [-0.39, 0.29) is 5.75 Å². The summed E-state index contributed by atoms with van der Waals surface area (Å²) in [5.74, 6) is 0.741. The molecule has 0 aliphatic rings. The smallest absolute Gasteiger partial charge is 0.163 e. The normalized spacial score (nSPS) is 10.9. The van der Waals surface area contributed by atoms with E-state index in [1.165, 1.54) is 0 Å². The molecule has 2 aromatic carbocycles. The van der Waals surface area contributed by atoms with Crippen molar-refractivity contribution < 1.29 is 9.84 Å². The molecule has 0 unspecified atom stereocenters. The first kappa shape index (κ1) is 14.3. The highest BCUT2D eigenvalue weighted by molar-refractivity contribution is 5.79. The molecular formula is C19H15N3O2. The highest BCUT2D eigenvalue weighted by Crippen LogP contribution is 2.33. The average molecular weight is 317 g/mol. The summed E-state index contributed by atoms with van der Waals surface area (Å²) in [6, 6.07) is 17.0. The largest absolute Gasteiger partial charge is 0.507 e. The first-order valence-electron chi connectivity index (χ1n) is 7.53. The van der Waals surface area contributed by atoms with Gasteiger partial charge in [-0.2, -0.15) is 5.10 Å². The van der Waals surface area contributed by atoms with Crippen molar-refractivity contribution in [3.05, 3.63) is 67.0 Å². The summed E-state index contributed by atoms with van der Waals surface area (Å²) in [5.41, 5.74) is 4.18. The quantitative estimate of drug-likeness (QED) is 0.625. The molecule has 0 amide bonds. The molecule has 24 heavy (non-hydrogen) atoms. The number of hydrogen-bond acceptors (Lipinski definition) is 4. The molecule has 5 heteroatoms. The van der Waals surface area contributed by atoms with Crippen LogP contribution in [0.15, 0.2) is 67.0 Å². The van der Waals surface area contributed by atoms with E-state index in [1.54, 1.807) is 30.1 Å². The maximum Gasteiger partial charge on any atom is 0.163 e. The van der Waals surface area contributed by atoms with Crippen molar-refractivity contribution in [3.63, 3.8) is 0 Å². The van der Waals surface area contributed by atoms with Gasteiger partial charge in [-0.15, -0.1) is 0 Å². The Morgan fingerprint density at radius 1 is 1.00 bits per heavy atom. The van der Waals surface area contributed by atoms with Crippen LogP contribution in [0.5, 0.6) is 11.5 Å². The summed E-state index contributed by atoms with van der Waals surface area (Å²) in [6.45, 7) is 0. The molecule has 2 aromatic heterocycles. The third-order valence-electron chi connectivity index (χ3n) is 3.97. The zero-order chi connectivity index (χ0) is 16.5. The lowest BCUT2D eigenvalue weighted by Gasteiger charge is -2.09. The molecule has 0 bridgehead atoms. The fourth-order valence-corrected chi connectivity index (χ4v) is 2.77. The van der Waals surface area contributed by atoms with E-state index in [0.717, 1.165) is 22.5 Å². The van der Waals surface area contributed by atoms with Gasteiger partial charge in [-0.3, -0.25) is 0 Å². The summed E-state index contributed by atoms with van der Waals surface area (Å²) in [5, 5.41) is 14.8. The second-order valence-electron chi connectivity index (χ2n) is 5.37. The SMILES string of the molecule is COc1ccc(-c2ccnc3c(-c4ccccc4)cnn23)c(O)c1. The first-order valence-corrected chi connectivity index (χ1v) is 7.53. The fourth-order valence-electron chi connectivity index (χ4n) is 2.77. The standard InChI is InChI=1S/C19H15N3O2/c1-24-14-7-8-15(18(23)11-14)17-9-10-20-19-16(12-21-22(17)19)13-5-3-2-4-6-13/h2-12,23H,1H3. The summed E-state index contributed by atoms with van der Waals surface area (Å²) < 4.78 is 6.88. The van der Waals surface area contributed by atoms with Crippen LogP contribution in [-0.4, -0.2) is 26.8 Å². The molecular weight excluding hydrogens is 302 g/mol. The van der Waals surface area contributed by atoms with E-state index in [1.807, 2.05) is 48.5 Å². The molecule has 0 aliphatic heterocycles. The van der Waals surface area contributed by atoms with E-state index in [4.69, 9.17) is 4.74 Å². The van der Waals surface area contributed by atoms with Crippen molar-refractivity contribution in [1.82, 2.24) is 14.6 Å². The Hall–Kier alpha value is -3.34. The maximum atomic E-state index is 10.3. The molecule has 4 aromatic rings. The van der Waals surface area contributed by atoms with Gasteiger partial charge < -0.3 is 9.84 Å². The van der Waals surface area contributed by atoms with Crippen molar-refractivity contribution in [3.8, 4) is 33.9 Å². The van der Waals surface area contributed by atoms with E-state index in [0.29, 0.717) is 11.3 Å². The van der Waals surface area contributed by atoms with Crippen molar-refractivity contribution in [2.24, 2.45) is 0 Å². The molecule has 0 spiro atoms. The second-order valence-corrected chi connectivity index (χ2v) is 5.37. The molecule has 118 valence electrons. The molecule has 0 atom stereocenters. The number of aromatic hydroxyl groups is 1. The maximum absolute atomic E-state index is 10.3. The highest BCUT2D eigenvalue weighted by atomic mass is 16.5. The van der Waals surface area contributed by atoms with Crippen LogP contribution < -0.4 is 4.74 Å². The third-order valence-corrected chi connectivity index (χ3v) is 3.97. The minimum Gasteiger partial charge on any atom is -0.507 e. The van der Waals surface area contributed by atoms with Gasteiger partial charge in [0, 0.05) is 23.4 Å². The molecule has 1 N–H and O–H groups in total. The molecule has 4 rings (SSSR count). The van der Waals surface area contributed by atoms with Crippen LogP contribution in [0, 0.1) is 0 Å². The third kappa shape index (κ3) is 2.27. The molecule has 2 heterocycles. The van der Waals surface area contributed by atoms with Crippen molar-refractivity contribution in [2.75, 3.05) is 7.11 Å². The van der Waals surface area contributed by atoms with Gasteiger partial charge in [-0.25, -0.2) is 9.50 Å². The van der Waals surface area contributed by atoms with Crippen LogP contribution in [-0.2, 0) is 0 Å². The molecule has 0 fully saturated rings. The number of nitrogens with zero attached hydrogens (tertiary/aromatic N) is 3.